The van der Waals surface area contributed by atoms with Gasteiger partial charge < -0.3 is 10.1 Å². The molecule has 0 radical (unpaired) electrons. The topological polar surface area (TPSA) is 51.5 Å². The first-order valence-corrected chi connectivity index (χ1v) is 8.05. The highest BCUT2D eigenvalue weighted by Crippen LogP contribution is 2.25. The van der Waals surface area contributed by atoms with E-state index in [1.165, 1.54) is 6.42 Å². The van der Waals surface area contributed by atoms with Gasteiger partial charge in [0.05, 0.1) is 7.11 Å². The normalized spacial score (nSPS) is 18.2. The Balaban J connectivity index is 1.69. The summed E-state index contributed by atoms with van der Waals surface area (Å²) in [5.41, 5.74) is 3.12. The van der Waals surface area contributed by atoms with Crippen molar-refractivity contribution in [1.82, 2.24) is 19.9 Å². The number of nitrogens with one attached hydrogen (secondary N) is 1. The van der Waals surface area contributed by atoms with Crippen LogP contribution < -0.4 is 10.1 Å². The Bertz CT molecular complexity index is 821. The molecule has 3 aromatic rings. The fraction of sp³-hybridized carbons (Fsp3) is 0.333. The molecule has 1 atom stereocenters. The maximum Gasteiger partial charge on any atom is 0.156 e. The largest absolute Gasteiger partial charge is 0.497 e. The number of rotatable bonds is 3. The molecule has 1 aliphatic rings. The van der Waals surface area contributed by atoms with Crippen LogP contribution in [0.3, 0.4) is 0 Å². The molecule has 1 fully saturated rings. The smallest absolute Gasteiger partial charge is 0.156 e. The van der Waals surface area contributed by atoms with Crippen LogP contribution in [0.1, 0.15) is 24.6 Å². The molecule has 5 heteroatoms. The van der Waals surface area contributed by atoms with Crippen LogP contribution in [0.25, 0.3) is 16.8 Å². The van der Waals surface area contributed by atoms with Crippen molar-refractivity contribution in [3.63, 3.8) is 0 Å². The van der Waals surface area contributed by atoms with Gasteiger partial charge in [-0.05, 0) is 49.2 Å². The molecule has 118 valence electrons. The molecule has 1 saturated heterocycles. The molecular weight excluding hydrogens is 288 g/mol. The zero-order chi connectivity index (χ0) is 15.6. The van der Waals surface area contributed by atoms with Gasteiger partial charge in [-0.1, -0.05) is 12.1 Å². The zero-order valence-corrected chi connectivity index (χ0v) is 13.2. The van der Waals surface area contributed by atoms with Gasteiger partial charge in [0, 0.05) is 24.2 Å². The summed E-state index contributed by atoms with van der Waals surface area (Å²) in [6.45, 7) is 2.07. The van der Waals surface area contributed by atoms with Crippen LogP contribution in [-0.4, -0.2) is 34.8 Å². The van der Waals surface area contributed by atoms with Gasteiger partial charge in [-0.25, -0.2) is 9.50 Å². The molecule has 1 unspecified atom stereocenters. The summed E-state index contributed by atoms with van der Waals surface area (Å²) in [5.74, 6) is 2.22. The van der Waals surface area contributed by atoms with Crippen molar-refractivity contribution in [1.29, 1.82) is 0 Å². The van der Waals surface area contributed by atoms with E-state index in [-0.39, 0.29) is 0 Å². The van der Waals surface area contributed by atoms with Crippen molar-refractivity contribution in [2.45, 2.75) is 18.8 Å². The van der Waals surface area contributed by atoms with Gasteiger partial charge in [0.2, 0.25) is 0 Å². The summed E-state index contributed by atoms with van der Waals surface area (Å²) in [4.78, 5) is 4.69. The third-order valence-corrected chi connectivity index (χ3v) is 4.41. The average Bonchev–Trinajstić information content (AvgIpc) is 3.06. The van der Waals surface area contributed by atoms with Crippen LogP contribution in [-0.2, 0) is 0 Å². The second-order valence-electron chi connectivity index (χ2n) is 5.97. The van der Waals surface area contributed by atoms with Gasteiger partial charge >= 0.3 is 0 Å². The minimum Gasteiger partial charge on any atom is -0.497 e. The number of benzene rings is 1. The van der Waals surface area contributed by atoms with Crippen LogP contribution in [0.2, 0.25) is 0 Å². The first kappa shape index (κ1) is 14.2. The minimum atomic E-state index is 0.420. The lowest BCUT2D eigenvalue weighted by Crippen LogP contribution is -2.28. The van der Waals surface area contributed by atoms with E-state index in [9.17, 15) is 0 Å². The average molecular weight is 308 g/mol. The van der Waals surface area contributed by atoms with Gasteiger partial charge in [-0.15, -0.1) is 0 Å². The lowest BCUT2D eigenvalue weighted by atomic mass is 9.99. The third-order valence-electron chi connectivity index (χ3n) is 4.41. The van der Waals surface area contributed by atoms with Crippen LogP contribution in [0.15, 0.2) is 42.6 Å². The number of ether oxygens (including phenoxy) is 1. The highest BCUT2D eigenvalue weighted by Gasteiger charge is 2.19. The number of hydrogen-bond donors (Lipinski definition) is 1. The Morgan fingerprint density at radius 3 is 3.00 bits per heavy atom. The summed E-state index contributed by atoms with van der Waals surface area (Å²) in [6, 6.07) is 12.2. The molecule has 0 bridgehead atoms. The van der Waals surface area contributed by atoms with Crippen molar-refractivity contribution in [3.05, 3.63) is 48.4 Å². The fourth-order valence-electron chi connectivity index (χ4n) is 3.12. The monoisotopic (exact) mass is 308 g/mol. The number of nitrogens with zero attached hydrogens (tertiary/aromatic N) is 3. The molecule has 1 aromatic carbocycles. The van der Waals surface area contributed by atoms with Crippen molar-refractivity contribution in [3.8, 4) is 16.9 Å². The van der Waals surface area contributed by atoms with Gasteiger partial charge in [-0.2, -0.15) is 5.10 Å². The molecule has 3 heterocycles. The molecule has 1 aliphatic heterocycles. The molecule has 0 saturated carbocycles. The van der Waals surface area contributed by atoms with Gasteiger partial charge in [0.25, 0.3) is 0 Å². The van der Waals surface area contributed by atoms with Gasteiger partial charge in [0.15, 0.2) is 11.5 Å². The van der Waals surface area contributed by atoms with Crippen molar-refractivity contribution in [2.75, 3.05) is 20.2 Å². The first-order valence-electron chi connectivity index (χ1n) is 8.05. The maximum absolute atomic E-state index is 5.31. The fourth-order valence-corrected chi connectivity index (χ4v) is 3.12. The molecule has 0 amide bonds. The highest BCUT2D eigenvalue weighted by molar-refractivity contribution is 5.65. The molecule has 4 rings (SSSR count). The molecule has 0 aliphatic carbocycles. The lowest BCUT2D eigenvalue weighted by Gasteiger charge is -2.19. The van der Waals surface area contributed by atoms with Crippen molar-refractivity contribution < 1.29 is 4.74 Å². The molecule has 23 heavy (non-hydrogen) atoms. The van der Waals surface area contributed by atoms with Gasteiger partial charge in [0.1, 0.15) is 5.75 Å². The second-order valence-corrected chi connectivity index (χ2v) is 5.97. The van der Waals surface area contributed by atoms with Crippen molar-refractivity contribution in [2.24, 2.45) is 0 Å². The zero-order valence-electron chi connectivity index (χ0n) is 13.2. The Hall–Kier alpha value is -2.40. The Kier molecular flexibility index (Phi) is 3.71. The number of fused-ring (bicyclic) bond motifs is 1. The van der Waals surface area contributed by atoms with Crippen LogP contribution in [0.5, 0.6) is 5.75 Å². The lowest BCUT2D eigenvalue weighted by molar-refractivity contribution is 0.415. The summed E-state index contributed by atoms with van der Waals surface area (Å²) < 4.78 is 7.19. The second kappa shape index (κ2) is 6.01. The predicted octanol–water partition coefficient (Wildman–Crippen LogP) is 2.87. The van der Waals surface area contributed by atoms with E-state index in [4.69, 9.17) is 14.8 Å². The summed E-state index contributed by atoms with van der Waals surface area (Å²) in [5, 5.41) is 8.12. The third kappa shape index (κ3) is 2.80. The molecular formula is C18H20N4O. The maximum atomic E-state index is 5.31. The minimum absolute atomic E-state index is 0.420. The van der Waals surface area contributed by atoms with Gasteiger partial charge in [-0.3, -0.25) is 0 Å². The molecule has 5 nitrogen and oxygen atoms in total. The van der Waals surface area contributed by atoms with E-state index >= 15 is 0 Å². The number of hydrogen-bond acceptors (Lipinski definition) is 4. The Morgan fingerprint density at radius 1 is 1.22 bits per heavy atom. The summed E-state index contributed by atoms with van der Waals surface area (Å²) >= 11 is 0. The Morgan fingerprint density at radius 2 is 2.17 bits per heavy atom. The van der Waals surface area contributed by atoms with Crippen LogP contribution in [0.4, 0.5) is 0 Å². The standard InChI is InChI=1S/C18H20N4O/c1-23-16-6-2-4-13(10-16)15-7-8-17-20-18(21-22(17)12-15)14-5-3-9-19-11-14/h2,4,6-8,10,12,14,19H,3,5,9,11H2,1H3. The van der Waals surface area contributed by atoms with E-state index in [2.05, 4.69) is 17.4 Å². The first-order chi connectivity index (χ1) is 11.3. The Labute approximate surface area is 135 Å². The van der Waals surface area contributed by atoms with E-state index in [0.717, 1.165) is 47.9 Å². The number of methoxy groups -OCH3 is 1. The van der Waals surface area contributed by atoms with Crippen molar-refractivity contribution >= 4 is 5.65 Å². The molecule has 1 N–H and O–H groups in total. The number of pyridine rings is 1. The van der Waals surface area contributed by atoms with E-state index in [1.807, 2.05) is 35.0 Å². The quantitative estimate of drug-likeness (QED) is 0.808. The predicted molar refractivity (Wildman–Crippen MR) is 89.8 cm³/mol. The van der Waals surface area contributed by atoms with E-state index < -0.39 is 0 Å². The van der Waals surface area contributed by atoms with E-state index in [1.54, 1.807) is 7.11 Å². The SMILES string of the molecule is COc1cccc(-c2ccc3nc(C4CCCNC4)nn3c2)c1. The number of aromatic nitrogens is 3. The summed E-state index contributed by atoms with van der Waals surface area (Å²) in [7, 11) is 1.68. The van der Waals surface area contributed by atoms with Crippen LogP contribution in [0, 0.1) is 0 Å². The molecule has 2 aromatic heterocycles. The molecule has 0 spiro atoms. The summed E-state index contributed by atoms with van der Waals surface area (Å²) in [6.07, 6.45) is 4.39. The number of piperidine rings is 1. The van der Waals surface area contributed by atoms with Crippen LogP contribution >= 0.6 is 0 Å². The van der Waals surface area contributed by atoms with E-state index in [0.29, 0.717) is 5.92 Å². The highest BCUT2D eigenvalue weighted by atomic mass is 16.5.